The molecule has 0 aromatic heterocycles. The standard InChI is InChI=1S/C13H13NO3/c1-13(8-7-11(15)17-2)9-5-3-4-6-10(9)14-12(13)16/h3-8H,1-2H3,(H,14,16)/b8-7+. The number of para-hydroxylation sites is 1. The zero-order chi connectivity index (χ0) is 12.5. The number of carbonyl (C=O) groups is 2. The van der Waals surface area contributed by atoms with Crippen LogP contribution in [-0.4, -0.2) is 19.0 Å². The minimum atomic E-state index is -0.815. The summed E-state index contributed by atoms with van der Waals surface area (Å²) in [6, 6.07) is 7.43. The van der Waals surface area contributed by atoms with Gasteiger partial charge in [0.25, 0.3) is 0 Å². The Morgan fingerprint density at radius 3 is 2.82 bits per heavy atom. The van der Waals surface area contributed by atoms with Gasteiger partial charge in [-0.2, -0.15) is 0 Å². The Balaban J connectivity index is 2.40. The number of amides is 1. The number of ether oxygens (including phenoxy) is 1. The molecule has 88 valence electrons. The van der Waals surface area contributed by atoms with Crippen molar-refractivity contribution in [3.8, 4) is 0 Å². The van der Waals surface area contributed by atoms with Crippen LogP contribution in [0.3, 0.4) is 0 Å². The van der Waals surface area contributed by atoms with Gasteiger partial charge in [0.15, 0.2) is 0 Å². The van der Waals surface area contributed by atoms with E-state index in [2.05, 4.69) is 10.1 Å². The second kappa shape index (κ2) is 4.05. The average Bonchev–Trinajstić information content (AvgIpc) is 2.60. The largest absolute Gasteiger partial charge is 0.466 e. The van der Waals surface area contributed by atoms with Crippen LogP contribution in [0.1, 0.15) is 12.5 Å². The number of benzene rings is 1. The van der Waals surface area contributed by atoms with E-state index in [4.69, 9.17) is 0 Å². The van der Waals surface area contributed by atoms with Crippen molar-refractivity contribution >= 4 is 17.6 Å². The predicted molar refractivity (Wildman–Crippen MR) is 63.6 cm³/mol. The Morgan fingerprint density at radius 1 is 1.41 bits per heavy atom. The van der Waals surface area contributed by atoms with E-state index in [1.165, 1.54) is 13.2 Å². The van der Waals surface area contributed by atoms with E-state index < -0.39 is 11.4 Å². The third kappa shape index (κ3) is 1.82. The molecule has 1 aromatic rings. The number of carbonyl (C=O) groups excluding carboxylic acids is 2. The maximum atomic E-state index is 11.9. The number of esters is 1. The van der Waals surface area contributed by atoms with Gasteiger partial charge in [0.2, 0.25) is 5.91 Å². The summed E-state index contributed by atoms with van der Waals surface area (Å²) in [6.07, 6.45) is 2.85. The van der Waals surface area contributed by atoms with Crippen molar-refractivity contribution in [1.82, 2.24) is 0 Å². The van der Waals surface area contributed by atoms with Crippen molar-refractivity contribution in [2.45, 2.75) is 12.3 Å². The van der Waals surface area contributed by atoms with Crippen LogP contribution in [-0.2, 0) is 19.7 Å². The molecule has 0 radical (unpaired) electrons. The number of methoxy groups -OCH3 is 1. The molecule has 0 spiro atoms. The van der Waals surface area contributed by atoms with Crippen LogP contribution in [0.25, 0.3) is 0 Å². The maximum absolute atomic E-state index is 11.9. The molecule has 2 rings (SSSR count). The molecule has 0 bridgehead atoms. The number of nitrogens with one attached hydrogen (secondary N) is 1. The predicted octanol–water partition coefficient (Wildman–Crippen LogP) is 1.63. The fourth-order valence-electron chi connectivity index (χ4n) is 1.89. The van der Waals surface area contributed by atoms with E-state index in [0.29, 0.717) is 0 Å². The SMILES string of the molecule is COC(=O)/C=C/C1(C)C(=O)Nc2ccccc21. The summed E-state index contributed by atoms with van der Waals surface area (Å²) in [5.74, 6) is -0.609. The molecule has 17 heavy (non-hydrogen) atoms. The first-order valence-corrected chi connectivity index (χ1v) is 5.26. The number of hydrogen-bond donors (Lipinski definition) is 1. The summed E-state index contributed by atoms with van der Waals surface area (Å²) in [7, 11) is 1.30. The molecule has 1 N–H and O–H groups in total. The maximum Gasteiger partial charge on any atom is 0.330 e. The van der Waals surface area contributed by atoms with E-state index in [9.17, 15) is 9.59 Å². The van der Waals surface area contributed by atoms with Gasteiger partial charge in [-0.25, -0.2) is 4.79 Å². The fraction of sp³-hybridized carbons (Fsp3) is 0.231. The molecule has 0 fully saturated rings. The normalized spacial score (nSPS) is 22.4. The van der Waals surface area contributed by atoms with Crippen LogP contribution in [0.4, 0.5) is 5.69 Å². The fourth-order valence-corrected chi connectivity index (χ4v) is 1.89. The molecule has 4 heteroatoms. The zero-order valence-electron chi connectivity index (χ0n) is 9.69. The Hall–Kier alpha value is -2.10. The Kier molecular flexibility index (Phi) is 2.71. The van der Waals surface area contributed by atoms with E-state index in [1.807, 2.05) is 24.3 Å². The smallest absolute Gasteiger partial charge is 0.330 e. The van der Waals surface area contributed by atoms with Crippen molar-refractivity contribution in [2.24, 2.45) is 0 Å². The van der Waals surface area contributed by atoms with Gasteiger partial charge in [-0.3, -0.25) is 4.79 Å². The minimum Gasteiger partial charge on any atom is -0.466 e. The van der Waals surface area contributed by atoms with Crippen molar-refractivity contribution in [3.63, 3.8) is 0 Å². The Morgan fingerprint density at radius 2 is 2.12 bits per heavy atom. The van der Waals surface area contributed by atoms with Crippen LogP contribution in [0, 0.1) is 0 Å². The summed E-state index contributed by atoms with van der Waals surface area (Å²) in [6.45, 7) is 1.77. The van der Waals surface area contributed by atoms with Gasteiger partial charge in [0, 0.05) is 11.8 Å². The van der Waals surface area contributed by atoms with Gasteiger partial charge in [-0.05, 0) is 18.6 Å². The highest BCUT2D eigenvalue weighted by Gasteiger charge is 2.40. The molecule has 1 heterocycles. The van der Waals surface area contributed by atoms with E-state index in [1.54, 1.807) is 13.0 Å². The third-order valence-electron chi connectivity index (χ3n) is 2.96. The second-order valence-electron chi connectivity index (χ2n) is 4.06. The van der Waals surface area contributed by atoms with Crippen LogP contribution in [0.2, 0.25) is 0 Å². The van der Waals surface area contributed by atoms with E-state index in [0.717, 1.165) is 11.3 Å². The lowest BCUT2D eigenvalue weighted by molar-refractivity contribution is -0.134. The lowest BCUT2D eigenvalue weighted by atomic mass is 9.83. The van der Waals surface area contributed by atoms with E-state index >= 15 is 0 Å². The molecule has 1 aliphatic heterocycles. The molecule has 1 unspecified atom stereocenters. The highest BCUT2D eigenvalue weighted by Crippen LogP contribution is 2.38. The molecule has 0 aliphatic carbocycles. The van der Waals surface area contributed by atoms with Gasteiger partial charge >= 0.3 is 5.97 Å². The summed E-state index contributed by atoms with van der Waals surface area (Å²) in [5, 5.41) is 2.79. The zero-order valence-corrected chi connectivity index (χ0v) is 9.69. The van der Waals surface area contributed by atoms with Gasteiger partial charge in [-0.1, -0.05) is 24.3 Å². The highest BCUT2D eigenvalue weighted by molar-refractivity contribution is 6.07. The van der Waals surface area contributed by atoms with Crippen molar-refractivity contribution in [2.75, 3.05) is 12.4 Å². The summed E-state index contributed by atoms with van der Waals surface area (Å²) in [4.78, 5) is 23.0. The average molecular weight is 231 g/mol. The van der Waals surface area contributed by atoms with Gasteiger partial charge in [0.1, 0.15) is 0 Å². The van der Waals surface area contributed by atoms with Crippen LogP contribution in [0.15, 0.2) is 36.4 Å². The second-order valence-corrected chi connectivity index (χ2v) is 4.06. The lowest BCUT2D eigenvalue weighted by Crippen LogP contribution is -2.28. The van der Waals surface area contributed by atoms with Gasteiger partial charge < -0.3 is 10.1 Å². The van der Waals surface area contributed by atoms with Crippen LogP contribution < -0.4 is 5.32 Å². The van der Waals surface area contributed by atoms with Crippen molar-refractivity contribution in [1.29, 1.82) is 0 Å². The Bertz CT molecular complexity index is 507. The highest BCUT2D eigenvalue weighted by atomic mass is 16.5. The topological polar surface area (TPSA) is 55.4 Å². The number of anilines is 1. The third-order valence-corrected chi connectivity index (χ3v) is 2.96. The van der Waals surface area contributed by atoms with Crippen molar-refractivity contribution in [3.05, 3.63) is 42.0 Å². The minimum absolute atomic E-state index is 0.140. The van der Waals surface area contributed by atoms with Crippen LogP contribution in [0.5, 0.6) is 0 Å². The first-order valence-electron chi connectivity index (χ1n) is 5.26. The van der Waals surface area contributed by atoms with E-state index in [-0.39, 0.29) is 5.91 Å². The molecule has 4 nitrogen and oxygen atoms in total. The summed E-state index contributed by atoms with van der Waals surface area (Å²) >= 11 is 0. The first-order chi connectivity index (χ1) is 8.08. The Labute approximate surface area is 99.3 Å². The lowest BCUT2D eigenvalue weighted by Gasteiger charge is -2.16. The molecular formula is C13H13NO3. The number of rotatable bonds is 2. The quantitative estimate of drug-likeness (QED) is 0.621. The number of fused-ring (bicyclic) bond motifs is 1. The molecule has 1 aromatic carbocycles. The molecule has 1 amide bonds. The van der Waals surface area contributed by atoms with Gasteiger partial charge in [0.05, 0.1) is 12.5 Å². The number of hydrogen-bond acceptors (Lipinski definition) is 3. The summed E-state index contributed by atoms with van der Waals surface area (Å²) in [5.41, 5.74) is 0.838. The molecule has 1 aliphatic rings. The molecule has 0 saturated heterocycles. The van der Waals surface area contributed by atoms with Gasteiger partial charge in [-0.15, -0.1) is 0 Å². The monoisotopic (exact) mass is 231 g/mol. The summed E-state index contributed by atoms with van der Waals surface area (Å²) < 4.78 is 4.52. The first kappa shape index (κ1) is 11.4. The van der Waals surface area contributed by atoms with Crippen LogP contribution >= 0.6 is 0 Å². The van der Waals surface area contributed by atoms with Crippen molar-refractivity contribution < 1.29 is 14.3 Å². The molecule has 0 saturated carbocycles. The molecular weight excluding hydrogens is 218 g/mol. The molecule has 1 atom stereocenters.